The number of primary amides is 1. The van der Waals surface area contributed by atoms with Crippen LogP contribution < -0.4 is 25.0 Å². The molecule has 1 amide bonds. The number of amides is 1. The highest BCUT2D eigenvalue weighted by molar-refractivity contribution is 7.90. The molecule has 0 aliphatic carbocycles. The van der Waals surface area contributed by atoms with E-state index in [9.17, 15) is 13.2 Å². The molecule has 13 nitrogen and oxygen atoms in total. The summed E-state index contributed by atoms with van der Waals surface area (Å²) in [4.78, 5) is 21.6. The van der Waals surface area contributed by atoms with E-state index in [4.69, 9.17) is 19.6 Å². The zero-order valence-electron chi connectivity index (χ0n) is 40.5. The molecule has 0 bridgehead atoms. The fourth-order valence-electron chi connectivity index (χ4n) is 9.91. The minimum atomic E-state index is -3.65. The highest BCUT2D eigenvalue weighted by atomic mass is 32.2. The number of hydrogen-bond donors (Lipinski definition) is 1. The molecule has 11 rings (SSSR count). The van der Waals surface area contributed by atoms with Crippen LogP contribution in [-0.2, 0) is 16.6 Å². The van der Waals surface area contributed by atoms with Crippen LogP contribution in [0, 0.1) is 0 Å². The zero-order chi connectivity index (χ0) is 49.3. The minimum Gasteiger partial charge on any atom is -0.493 e. The van der Waals surface area contributed by atoms with E-state index < -0.39 is 15.9 Å². The molecule has 0 saturated carbocycles. The monoisotopic (exact) mass is 983 g/mol. The number of fused-ring (bicyclic) bond motifs is 3. The number of rotatable bonds is 17. The van der Waals surface area contributed by atoms with Gasteiger partial charge in [-0.25, -0.2) is 12.4 Å². The summed E-state index contributed by atoms with van der Waals surface area (Å²) in [7, 11) is -3.65. The normalized spacial score (nSPS) is 14.7. The minimum absolute atomic E-state index is 0.289. The Morgan fingerprint density at radius 3 is 1.86 bits per heavy atom. The van der Waals surface area contributed by atoms with Crippen molar-refractivity contribution in [3.05, 3.63) is 188 Å². The number of nitrogens with two attached hydrogens (primary N) is 1. The third-order valence-electron chi connectivity index (χ3n) is 13.7. The van der Waals surface area contributed by atoms with Gasteiger partial charge in [-0.2, -0.15) is 0 Å². The van der Waals surface area contributed by atoms with Crippen molar-refractivity contribution >= 4 is 60.1 Å². The van der Waals surface area contributed by atoms with Crippen molar-refractivity contribution in [3.8, 4) is 11.5 Å². The summed E-state index contributed by atoms with van der Waals surface area (Å²) in [6, 6.07) is 50.9. The Bertz CT molecular complexity index is 3340. The standard InChI is InChI=1S/C29H32N4O2.C29H29N3O4S/c30-29(34)25-10-4-5-13-28(25)35-21-7-15-31-17-19-32(20-18-31)26-11-6-12-27-24(26)14-16-33(27)22-23-8-2-1-3-9-23;33-37(34,25-6-2-1-3-7-25)32-15-12-26-27(8-4-9-28(26)32)31-18-16-30(17-19-31)14-5-20-35-24-11-10-23-13-21-36-29(23)22-24/h1-6,8-14,16H,7,15,17-22H2,(H2,30,34);1-4,6-13,15,21-22H,5,14,16-20H2. The second-order valence-corrected chi connectivity index (χ2v) is 20.1. The molecule has 370 valence electrons. The fourth-order valence-corrected chi connectivity index (χ4v) is 11.3. The molecule has 2 aliphatic heterocycles. The Morgan fingerprint density at radius 1 is 0.583 bits per heavy atom. The number of ether oxygens (including phenoxy) is 2. The van der Waals surface area contributed by atoms with Gasteiger partial charge in [0.25, 0.3) is 15.9 Å². The number of para-hydroxylation sites is 1. The molecule has 2 N–H and O–H groups in total. The lowest BCUT2D eigenvalue weighted by molar-refractivity contribution is 0.0996. The van der Waals surface area contributed by atoms with Crippen molar-refractivity contribution in [2.75, 3.05) is 88.5 Å². The van der Waals surface area contributed by atoms with Crippen LogP contribution in [0.4, 0.5) is 11.4 Å². The number of furan rings is 1. The topological polar surface area (TPSA) is 132 Å². The van der Waals surface area contributed by atoms with Crippen molar-refractivity contribution in [2.45, 2.75) is 24.3 Å². The molecule has 14 heteroatoms. The second-order valence-electron chi connectivity index (χ2n) is 18.3. The lowest BCUT2D eigenvalue weighted by Crippen LogP contribution is -2.46. The maximum Gasteiger partial charge on any atom is 0.268 e. The molecule has 2 aliphatic rings. The van der Waals surface area contributed by atoms with E-state index in [0.717, 1.165) is 113 Å². The van der Waals surface area contributed by atoms with E-state index in [1.807, 2.05) is 54.6 Å². The number of aromatic nitrogens is 2. The van der Waals surface area contributed by atoms with Crippen molar-refractivity contribution in [1.82, 2.24) is 18.3 Å². The highest BCUT2D eigenvalue weighted by Gasteiger charge is 2.24. The predicted molar refractivity (Wildman–Crippen MR) is 287 cm³/mol. The van der Waals surface area contributed by atoms with E-state index in [0.29, 0.717) is 30.0 Å². The van der Waals surface area contributed by atoms with Crippen LogP contribution in [0.25, 0.3) is 32.8 Å². The van der Waals surface area contributed by atoms with Crippen LogP contribution in [0.2, 0.25) is 0 Å². The van der Waals surface area contributed by atoms with E-state index in [2.05, 4.69) is 91.0 Å². The molecule has 0 spiro atoms. The van der Waals surface area contributed by atoms with Crippen LogP contribution in [0.3, 0.4) is 0 Å². The second kappa shape index (κ2) is 22.3. The van der Waals surface area contributed by atoms with Gasteiger partial charge in [0.2, 0.25) is 0 Å². The van der Waals surface area contributed by atoms with Crippen LogP contribution in [0.15, 0.2) is 186 Å². The van der Waals surface area contributed by atoms with Crippen LogP contribution >= 0.6 is 0 Å². The first-order valence-corrected chi connectivity index (χ1v) is 26.3. The summed E-state index contributed by atoms with van der Waals surface area (Å²) in [5.74, 6) is 0.945. The molecular formula is C58H61N7O6S. The molecule has 9 aromatic rings. The van der Waals surface area contributed by atoms with Crippen molar-refractivity contribution in [2.24, 2.45) is 5.73 Å². The maximum atomic E-state index is 13.2. The summed E-state index contributed by atoms with van der Waals surface area (Å²) in [5, 5.41) is 3.35. The predicted octanol–water partition coefficient (Wildman–Crippen LogP) is 9.60. The quantitative estimate of drug-likeness (QED) is 0.0881. The molecule has 2 saturated heterocycles. The molecule has 2 fully saturated rings. The Kier molecular flexibility index (Phi) is 14.9. The van der Waals surface area contributed by atoms with E-state index in [-0.39, 0.29) is 4.90 Å². The van der Waals surface area contributed by atoms with Gasteiger partial charge in [-0.3, -0.25) is 14.6 Å². The third kappa shape index (κ3) is 11.0. The van der Waals surface area contributed by atoms with Crippen molar-refractivity contribution in [1.29, 1.82) is 0 Å². The number of benzene rings is 6. The number of hydrogen-bond acceptors (Lipinski definition) is 10. The summed E-state index contributed by atoms with van der Waals surface area (Å²) < 4.78 is 47.4. The lowest BCUT2D eigenvalue weighted by Gasteiger charge is -2.36. The number of piperazine rings is 2. The maximum absolute atomic E-state index is 13.2. The smallest absolute Gasteiger partial charge is 0.268 e. The first kappa shape index (κ1) is 48.1. The van der Waals surface area contributed by atoms with Crippen LogP contribution in [0.1, 0.15) is 28.8 Å². The number of anilines is 2. The highest BCUT2D eigenvalue weighted by Crippen LogP contribution is 2.32. The molecule has 3 aromatic heterocycles. The van der Waals surface area contributed by atoms with E-state index in [1.165, 1.54) is 26.1 Å². The molecular weight excluding hydrogens is 923 g/mol. The van der Waals surface area contributed by atoms with Crippen molar-refractivity contribution < 1.29 is 27.1 Å². The average molecular weight is 984 g/mol. The van der Waals surface area contributed by atoms with Gasteiger partial charge in [-0.1, -0.05) is 72.8 Å². The molecule has 5 heterocycles. The van der Waals surface area contributed by atoms with Gasteiger partial charge in [0, 0.05) is 118 Å². The van der Waals surface area contributed by atoms with Crippen LogP contribution in [0.5, 0.6) is 11.5 Å². The van der Waals surface area contributed by atoms with Crippen LogP contribution in [-0.4, -0.2) is 111 Å². The largest absolute Gasteiger partial charge is 0.493 e. The average Bonchev–Trinajstić information content (AvgIpc) is 4.20. The molecule has 0 radical (unpaired) electrons. The summed E-state index contributed by atoms with van der Waals surface area (Å²) in [6.07, 6.45) is 7.41. The summed E-state index contributed by atoms with van der Waals surface area (Å²) in [5.41, 5.74) is 12.4. The molecule has 0 atom stereocenters. The first-order chi connectivity index (χ1) is 35.3. The van der Waals surface area contributed by atoms with Gasteiger partial charge in [-0.15, -0.1) is 0 Å². The Hall–Kier alpha value is -7.52. The zero-order valence-corrected chi connectivity index (χ0v) is 41.3. The van der Waals surface area contributed by atoms with E-state index in [1.54, 1.807) is 54.9 Å². The van der Waals surface area contributed by atoms with Gasteiger partial charge in [0.1, 0.15) is 17.1 Å². The Labute approximate surface area is 421 Å². The molecule has 6 aromatic carbocycles. The van der Waals surface area contributed by atoms with Gasteiger partial charge in [0.15, 0.2) is 0 Å². The molecule has 72 heavy (non-hydrogen) atoms. The Morgan fingerprint density at radius 2 is 1.18 bits per heavy atom. The van der Waals surface area contributed by atoms with Gasteiger partial charge >= 0.3 is 0 Å². The summed E-state index contributed by atoms with van der Waals surface area (Å²) in [6.45, 7) is 11.8. The summed E-state index contributed by atoms with van der Waals surface area (Å²) >= 11 is 0. The Balaban J connectivity index is 0.000000166. The third-order valence-corrected chi connectivity index (χ3v) is 15.4. The SMILES string of the molecule is NC(=O)c1ccccc1OCCCN1CCN(c2cccc3c2ccn3Cc2ccccc2)CC1.O=S(=O)(c1ccccc1)n1ccc2c(N3CCN(CCCOc4ccc5ccoc5c4)CC3)cccc21. The van der Waals surface area contributed by atoms with Gasteiger partial charge in [0.05, 0.1) is 41.0 Å². The van der Waals surface area contributed by atoms with Crippen molar-refractivity contribution in [3.63, 3.8) is 0 Å². The van der Waals surface area contributed by atoms with Gasteiger partial charge in [-0.05, 0) is 97.3 Å². The number of carbonyl (C=O) groups is 1. The molecule has 0 unspecified atom stereocenters. The first-order valence-electron chi connectivity index (χ1n) is 24.9. The lowest BCUT2D eigenvalue weighted by atomic mass is 10.1. The van der Waals surface area contributed by atoms with Gasteiger partial charge < -0.3 is 34.0 Å². The number of nitrogens with zero attached hydrogens (tertiary/aromatic N) is 6. The fraction of sp³-hybridized carbons (Fsp3) is 0.259. The van der Waals surface area contributed by atoms with E-state index >= 15 is 0 Å². The number of carbonyl (C=O) groups excluding carboxylic acids is 1.